The fourth-order valence-electron chi connectivity index (χ4n) is 1.77. The standard InChI is InChI=1S/C16H17NO2S/c1-3-13-4-6-14(7-5-13)12-17-15-8-10-16(11-9-15)20(2,18)19/h4-12H,3H2,1-2H3/b17-12+. The molecule has 0 aromatic heterocycles. The molecular formula is C16H17NO2S. The van der Waals surface area contributed by atoms with E-state index in [-0.39, 0.29) is 0 Å². The van der Waals surface area contributed by atoms with Gasteiger partial charge in [0.15, 0.2) is 9.84 Å². The molecule has 3 nitrogen and oxygen atoms in total. The maximum atomic E-state index is 11.3. The van der Waals surface area contributed by atoms with Gasteiger partial charge in [0.1, 0.15) is 0 Å². The molecule has 2 aromatic carbocycles. The van der Waals surface area contributed by atoms with Gasteiger partial charge in [-0.3, -0.25) is 4.99 Å². The van der Waals surface area contributed by atoms with Crippen molar-refractivity contribution in [2.75, 3.05) is 6.26 Å². The Hall–Kier alpha value is -1.94. The van der Waals surface area contributed by atoms with Crippen LogP contribution in [0.25, 0.3) is 0 Å². The van der Waals surface area contributed by atoms with Crippen molar-refractivity contribution in [2.45, 2.75) is 18.2 Å². The molecule has 2 rings (SSSR count). The molecule has 0 radical (unpaired) electrons. The Bertz CT molecular complexity index is 699. The van der Waals surface area contributed by atoms with E-state index in [0.717, 1.165) is 17.7 Å². The van der Waals surface area contributed by atoms with Gasteiger partial charge in [-0.2, -0.15) is 0 Å². The minimum atomic E-state index is -3.15. The van der Waals surface area contributed by atoms with Crippen molar-refractivity contribution in [2.24, 2.45) is 4.99 Å². The topological polar surface area (TPSA) is 46.5 Å². The van der Waals surface area contributed by atoms with Crippen LogP contribution in [0, 0.1) is 0 Å². The quantitative estimate of drug-likeness (QED) is 0.809. The van der Waals surface area contributed by atoms with E-state index in [9.17, 15) is 8.42 Å². The number of rotatable bonds is 4. The lowest BCUT2D eigenvalue weighted by Crippen LogP contribution is -1.95. The molecule has 0 aliphatic rings. The van der Waals surface area contributed by atoms with Crippen LogP contribution in [0.2, 0.25) is 0 Å². The van der Waals surface area contributed by atoms with Crippen LogP contribution >= 0.6 is 0 Å². The molecule has 0 aliphatic heterocycles. The Balaban J connectivity index is 2.14. The summed E-state index contributed by atoms with van der Waals surface area (Å²) in [5.41, 5.74) is 3.05. The van der Waals surface area contributed by atoms with Gasteiger partial charge >= 0.3 is 0 Å². The third-order valence-corrected chi connectivity index (χ3v) is 4.14. The molecule has 0 atom stereocenters. The smallest absolute Gasteiger partial charge is 0.175 e. The van der Waals surface area contributed by atoms with Crippen molar-refractivity contribution in [1.82, 2.24) is 0 Å². The summed E-state index contributed by atoms with van der Waals surface area (Å²) in [4.78, 5) is 4.64. The zero-order valence-corrected chi connectivity index (χ0v) is 12.4. The van der Waals surface area contributed by atoms with Gasteiger partial charge in [-0.05, 0) is 41.8 Å². The van der Waals surface area contributed by atoms with Crippen molar-refractivity contribution >= 4 is 21.7 Å². The third-order valence-electron chi connectivity index (χ3n) is 3.02. The lowest BCUT2D eigenvalue weighted by Gasteiger charge is -1.99. The monoisotopic (exact) mass is 287 g/mol. The first-order valence-corrected chi connectivity index (χ1v) is 8.31. The molecule has 104 valence electrons. The van der Waals surface area contributed by atoms with Crippen LogP contribution in [0.3, 0.4) is 0 Å². The molecule has 0 amide bonds. The van der Waals surface area contributed by atoms with Crippen LogP contribution < -0.4 is 0 Å². The number of aliphatic imine (C=N–C) groups is 1. The Morgan fingerprint density at radius 1 is 1.00 bits per heavy atom. The van der Waals surface area contributed by atoms with Gasteiger partial charge < -0.3 is 0 Å². The summed E-state index contributed by atoms with van der Waals surface area (Å²) in [6.07, 6.45) is 3.99. The molecular weight excluding hydrogens is 270 g/mol. The molecule has 0 saturated heterocycles. The minimum Gasteiger partial charge on any atom is -0.256 e. The molecule has 0 aliphatic carbocycles. The third kappa shape index (κ3) is 3.78. The summed E-state index contributed by atoms with van der Waals surface area (Å²) in [5.74, 6) is 0. The molecule has 0 bridgehead atoms. The second kappa shape index (κ2) is 6.01. The van der Waals surface area contributed by atoms with Crippen LogP contribution in [0.4, 0.5) is 5.69 Å². The zero-order chi connectivity index (χ0) is 14.6. The van der Waals surface area contributed by atoms with Gasteiger partial charge in [0.2, 0.25) is 0 Å². The van der Waals surface area contributed by atoms with E-state index in [1.54, 1.807) is 30.5 Å². The summed E-state index contributed by atoms with van der Waals surface area (Å²) >= 11 is 0. The van der Waals surface area contributed by atoms with E-state index in [1.807, 2.05) is 12.1 Å². The average Bonchev–Trinajstić information content (AvgIpc) is 2.45. The number of aryl methyl sites for hydroxylation is 1. The van der Waals surface area contributed by atoms with Crippen molar-refractivity contribution < 1.29 is 8.42 Å². The molecule has 0 fully saturated rings. The highest BCUT2D eigenvalue weighted by Gasteiger charge is 2.05. The maximum Gasteiger partial charge on any atom is 0.175 e. The summed E-state index contributed by atoms with van der Waals surface area (Å²) in [6.45, 7) is 2.12. The molecule has 2 aromatic rings. The first kappa shape index (κ1) is 14.5. The lowest BCUT2D eigenvalue weighted by molar-refractivity contribution is 0.602. The molecule has 0 N–H and O–H groups in total. The number of sulfone groups is 1. The predicted molar refractivity (Wildman–Crippen MR) is 82.6 cm³/mol. The Kier molecular flexibility index (Phi) is 4.35. The van der Waals surface area contributed by atoms with Crippen LogP contribution in [0.15, 0.2) is 58.4 Å². The predicted octanol–water partition coefficient (Wildman–Crippen LogP) is 3.40. The summed E-state index contributed by atoms with van der Waals surface area (Å²) in [6, 6.07) is 14.7. The molecule has 0 unspecified atom stereocenters. The minimum absolute atomic E-state index is 0.309. The fraction of sp³-hybridized carbons (Fsp3) is 0.188. The number of nitrogens with zero attached hydrogens (tertiary/aromatic N) is 1. The van der Waals surface area contributed by atoms with Crippen LogP contribution in [0.1, 0.15) is 18.1 Å². The molecule has 4 heteroatoms. The first-order valence-electron chi connectivity index (χ1n) is 6.42. The van der Waals surface area contributed by atoms with Crippen molar-refractivity contribution in [3.63, 3.8) is 0 Å². The van der Waals surface area contributed by atoms with Crippen LogP contribution in [-0.2, 0) is 16.3 Å². The number of hydrogen-bond acceptors (Lipinski definition) is 3. The van der Waals surface area contributed by atoms with E-state index in [0.29, 0.717) is 4.90 Å². The van der Waals surface area contributed by atoms with Gasteiger partial charge in [0.25, 0.3) is 0 Å². The highest BCUT2D eigenvalue weighted by Crippen LogP contribution is 2.16. The zero-order valence-electron chi connectivity index (χ0n) is 11.6. The van der Waals surface area contributed by atoms with Crippen molar-refractivity contribution in [1.29, 1.82) is 0 Å². The summed E-state index contributed by atoms with van der Waals surface area (Å²) in [5, 5.41) is 0. The van der Waals surface area contributed by atoms with Gasteiger partial charge in [-0.25, -0.2) is 8.42 Å². The second-order valence-corrected chi connectivity index (χ2v) is 6.64. The molecule has 0 spiro atoms. The number of benzene rings is 2. The summed E-state index contributed by atoms with van der Waals surface area (Å²) in [7, 11) is -3.15. The summed E-state index contributed by atoms with van der Waals surface area (Å²) < 4.78 is 22.7. The van der Waals surface area contributed by atoms with Crippen LogP contribution in [-0.4, -0.2) is 20.9 Å². The largest absolute Gasteiger partial charge is 0.256 e. The Morgan fingerprint density at radius 3 is 2.10 bits per heavy atom. The first-order chi connectivity index (χ1) is 9.49. The van der Waals surface area contributed by atoms with E-state index >= 15 is 0 Å². The van der Waals surface area contributed by atoms with E-state index in [2.05, 4.69) is 24.0 Å². The Labute approximate surface area is 119 Å². The highest BCUT2D eigenvalue weighted by atomic mass is 32.2. The SMILES string of the molecule is CCc1ccc(/C=N/c2ccc(S(C)(=O)=O)cc2)cc1. The fourth-order valence-corrected chi connectivity index (χ4v) is 2.40. The van der Waals surface area contributed by atoms with Gasteiger partial charge in [0, 0.05) is 12.5 Å². The van der Waals surface area contributed by atoms with E-state index in [4.69, 9.17) is 0 Å². The number of hydrogen-bond donors (Lipinski definition) is 0. The van der Waals surface area contributed by atoms with Crippen LogP contribution in [0.5, 0.6) is 0 Å². The van der Waals surface area contributed by atoms with Crippen molar-refractivity contribution in [3.05, 3.63) is 59.7 Å². The molecule has 0 heterocycles. The Morgan fingerprint density at radius 2 is 1.60 bits per heavy atom. The normalized spacial score (nSPS) is 11.9. The average molecular weight is 287 g/mol. The van der Waals surface area contributed by atoms with Gasteiger partial charge in [0.05, 0.1) is 10.6 Å². The highest BCUT2D eigenvalue weighted by molar-refractivity contribution is 7.90. The van der Waals surface area contributed by atoms with Gasteiger partial charge in [-0.1, -0.05) is 31.2 Å². The molecule has 0 saturated carbocycles. The van der Waals surface area contributed by atoms with E-state index in [1.165, 1.54) is 11.8 Å². The lowest BCUT2D eigenvalue weighted by atomic mass is 10.1. The van der Waals surface area contributed by atoms with Crippen molar-refractivity contribution in [3.8, 4) is 0 Å². The molecule has 20 heavy (non-hydrogen) atoms. The second-order valence-electron chi connectivity index (χ2n) is 4.62. The maximum absolute atomic E-state index is 11.3. The van der Waals surface area contributed by atoms with Gasteiger partial charge in [-0.15, -0.1) is 0 Å². The van der Waals surface area contributed by atoms with E-state index < -0.39 is 9.84 Å².